The van der Waals surface area contributed by atoms with E-state index in [1.54, 1.807) is 11.6 Å². The first-order chi connectivity index (χ1) is 11.6. The summed E-state index contributed by atoms with van der Waals surface area (Å²) in [5.74, 6) is -0.864. The number of halogens is 1. The van der Waals surface area contributed by atoms with E-state index in [-0.39, 0.29) is 5.91 Å². The molecule has 0 spiro atoms. The molecule has 0 aliphatic rings. The second-order valence-corrected chi connectivity index (χ2v) is 5.32. The average molecular weight is 325 g/mol. The Labute approximate surface area is 138 Å². The Balaban J connectivity index is 1.56. The monoisotopic (exact) mass is 325 g/mol. The average Bonchev–Trinajstić information content (AvgIpc) is 3.07. The van der Waals surface area contributed by atoms with Crippen molar-refractivity contribution in [2.45, 2.75) is 13.5 Å². The summed E-state index contributed by atoms with van der Waals surface area (Å²) in [5, 5.41) is 10.9. The maximum Gasteiger partial charge on any atom is 0.252 e. The van der Waals surface area contributed by atoms with Crippen LogP contribution in [0.25, 0.3) is 11.3 Å². The lowest BCUT2D eigenvalue weighted by atomic mass is 10.2. The van der Waals surface area contributed by atoms with Crippen LogP contribution in [-0.2, 0) is 6.54 Å². The lowest BCUT2D eigenvalue weighted by molar-refractivity contribution is 0.0951. The predicted octanol–water partition coefficient (Wildman–Crippen LogP) is 2.22. The summed E-state index contributed by atoms with van der Waals surface area (Å²) >= 11 is 0. The number of rotatable bonds is 5. The fourth-order valence-electron chi connectivity index (χ4n) is 2.22. The number of amides is 1. The molecule has 122 valence electrons. The number of pyridine rings is 1. The molecule has 0 radical (unpaired) electrons. The zero-order chi connectivity index (χ0) is 16.9. The first kappa shape index (κ1) is 15.8. The van der Waals surface area contributed by atoms with Crippen molar-refractivity contribution < 1.29 is 9.18 Å². The van der Waals surface area contributed by atoms with Crippen LogP contribution in [0.1, 0.15) is 15.9 Å². The molecule has 3 rings (SSSR count). The Kier molecular flexibility index (Phi) is 4.60. The molecule has 1 aromatic carbocycles. The fraction of sp³-hybridized carbons (Fsp3) is 0.176. The molecule has 1 N–H and O–H groups in total. The van der Waals surface area contributed by atoms with E-state index in [9.17, 15) is 9.18 Å². The number of aromatic nitrogens is 4. The van der Waals surface area contributed by atoms with Crippen molar-refractivity contribution in [3.05, 3.63) is 65.9 Å². The molecule has 0 fully saturated rings. The molecule has 0 saturated heterocycles. The summed E-state index contributed by atoms with van der Waals surface area (Å²) in [7, 11) is 0. The van der Waals surface area contributed by atoms with Crippen LogP contribution < -0.4 is 5.32 Å². The van der Waals surface area contributed by atoms with Crippen LogP contribution in [0.15, 0.2) is 48.8 Å². The van der Waals surface area contributed by atoms with E-state index in [1.807, 2.05) is 36.5 Å². The Morgan fingerprint density at radius 2 is 2.08 bits per heavy atom. The second-order valence-electron chi connectivity index (χ2n) is 5.32. The van der Waals surface area contributed by atoms with E-state index in [0.29, 0.717) is 24.2 Å². The van der Waals surface area contributed by atoms with Gasteiger partial charge < -0.3 is 5.32 Å². The van der Waals surface area contributed by atoms with Gasteiger partial charge in [0.1, 0.15) is 5.69 Å². The topological polar surface area (TPSA) is 72.7 Å². The van der Waals surface area contributed by atoms with Crippen LogP contribution in [0.2, 0.25) is 0 Å². The van der Waals surface area contributed by atoms with Gasteiger partial charge in [-0.05, 0) is 13.0 Å². The van der Waals surface area contributed by atoms with Crippen molar-refractivity contribution in [2.75, 3.05) is 6.54 Å². The minimum Gasteiger partial charge on any atom is -0.350 e. The number of carbonyl (C=O) groups is 1. The summed E-state index contributed by atoms with van der Waals surface area (Å²) in [4.78, 5) is 15.6. The maximum absolute atomic E-state index is 13.1. The van der Waals surface area contributed by atoms with E-state index in [4.69, 9.17) is 0 Å². The summed E-state index contributed by atoms with van der Waals surface area (Å²) < 4.78 is 14.8. The number of nitrogens with one attached hydrogen (secondary N) is 1. The van der Waals surface area contributed by atoms with Crippen LogP contribution in [0, 0.1) is 12.9 Å². The Morgan fingerprint density at radius 3 is 2.83 bits per heavy atom. The highest BCUT2D eigenvalue weighted by Crippen LogP contribution is 2.14. The number of aryl methyl sites for hydroxylation is 1. The standard InChI is InChI=1S/C17H16FN5O/c1-12-9-14(10-20-16(12)18)17(24)19-7-8-23-11-15(21-22-23)13-5-3-2-4-6-13/h2-6,9-11H,7-8H2,1H3,(H,19,24). The highest BCUT2D eigenvalue weighted by molar-refractivity contribution is 5.93. The number of nitrogens with zero attached hydrogens (tertiary/aromatic N) is 4. The van der Waals surface area contributed by atoms with Gasteiger partial charge in [0.15, 0.2) is 0 Å². The smallest absolute Gasteiger partial charge is 0.252 e. The summed E-state index contributed by atoms with van der Waals surface area (Å²) in [5.41, 5.74) is 2.44. The van der Waals surface area contributed by atoms with Gasteiger partial charge in [0.25, 0.3) is 5.91 Å². The van der Waals surface area contributed by atoms with Gasteiger partial charge in [0.05, 0.1) is 18.3 Å². The van der Waals surface area contributed by atoms with Crippen LogP contribution >= 0.6 is 0 Å². The molecule has 2 aromatic heterocycles. The molecule has 0 unspecified atom stereocenters. The highest BCUT2D eigenvalue weighted by atomic mass is 19.1. The molecular weight excluding hydrogens is 309 g/mol. The second kappa shape index (κ2) is 6.99. The molecule has 0 bridgehead atoms. The third-order valence-electron chi connectivity index (χ3n) is 3.51. The number of carbonyl (C=O) groups excluding carboxylic acids is 1. The van der Waals surface area contributed by atoms with Crippen LogP contribution in [0.5, 0.6) is 0 Å². The van der Waals surface area contributed by atoms with Gasteiger partial charge in [-0.15, -0.1) is 5.10 Å². The van der Waals surface area contributed by atoms with Gasteiger partial charge in [-0.3, -0.25) is 9.48 Å². The van der Waals surface area contributed by atoms with Gasteiger partial charge in [-0.2, -0.15) is 4.39 Å². The van der Waals surface area contributed by atoms with Crippen molar-refractivity contribution >= 4 is 5.91 Å². The van der Waals surface area contributed by atoms with E-state index in [0.717, 1.165) is 11.3 Å². The lowest BCUT2D eigenvalue weighted by Crippen LogP contribution is -2.27. The minimum absolute atomic E-state index is 0.297. The van der Waals surface area contributed by atoms with E-state index in [2.05, 4.69) is 20.6 Å². The summed E-state index contributed by atoms with van der Waals surface area (Å²) in [6.45, 7) is 2.44. The van der Waals surface area contributed by atoms with Gasteiger partial charge in [-0.1, -0.05) is 35.5 Å². The third kappa shape index (κ3) is 3.62. The van der Waals surface area contributed by atoms with Crippen molar-refractivity contribution in [3.63, 3.8) is 0 Å². The summed E-state index contributed by atoms with van der Waals surface area (Å²) in [6.07, 6.45) is 3.05. The van der Waals surface area contributed by atoms with Crippen molar-refractivity contribution in [3.8, 4) is 11.3 Å². The number of hydrogen-bond donors (Lipinski definition) is 1. The SMILES string of the molecule is Cc1cc(C(=O)NCCn2cc(-c3ccccc3)nn2)cnc1F. The van der Waals surface area contributed by atoms with Crippen LogP contribution in [-0.4, -0.2) is 32.4 Å². The zero-order valence-corrected chi connectivity index (χ0v) is 13.1. The minimum atomic E-state index is -0.567. The summed E-state index contributed by atoms with van der Waals surface area (Å²) in [6, 6.07) is 11.2. The molecule has 0 atom stereocenters. The molecule has 2 heterocycles. The molecule has 0 saturated carbocycles. The molecule has 0 aliphatic heterocycles. The normalized spacial score (nSPS) is 10.6. The van der Waals surface area contributed by atoms with Crippen LogP contribution in [0.3, 0.4) is 0 Å². The van der Waals surface area contributed by atoms with E-state index < -0.39 is 5.95 Å². The first-order valence-electron chi connectivity index (χ1n) is 7.49. The lowest BCUT2D eigenvalue weighted by Gasteiger charge is -2.05. The third-order valence-corrected chi connectivity index (χ3v) is 3.51. The Morgan fingerprint density at radius 1 is 1.29 bits per heavy atom. The predicted molar refractivity (Wildman–Crippen MR) is 86.7 cm³/mol. The quantitative estimate of drug-likeness (QED) is 0.730. The number of hydrogen-bond acceptors (Lipinski definition) is 4. The molecular formula is C17H16FN5O. The van der Waals surface area contributed by atoms with Crippen LogP contribution in [0.4, 0.5) is 4.39 Å². The Bertz CT molecular complexity index is 847. The highest BCUT2D eigenvalue weighted by Gasteiger charge is 2.09. The van der Waals surface area contributed by atoms with E-state index >= 15 is 0 Å². The zero-order valence-electron chi connectivity index (χ0n) is 13.1. The van der Waals surface area contributed by atoms with Crippen molar-refractivity contribution in [2.24, 2.45) is 0 Å². The van der Waals surface area contributed by atoms with Gasteiger partial charge in [-0.25, -0.2) is 4.98 Å². The first-order valence-corrected chi connectivity index (χ1v) is 7.49. The largest absolute Gasteiger partial charge is 0.350 e. The molecule has 24 heavy (non-hydrogen) atoms. The molecule has 6 nitrogen and oxygen atoms in total. The Hall–Kier alpha value is -3.09. The van der Waals surface area contributed by atoms with Crippen molar-refractivity contribution in [1.82, 2.24) is 25.3 Å². The fourth-order valence-corrected chi connectivity index (χ4v) is 2.22. The van der Waals surface area contributed by atoms with E-state index in [1.165, 1.54) is 12.3 Å². The molecule has 1 amide bonds. The maximum atomic E-state index is 13.1. The van der Waals surface area contributed by atoms with Gasteiger partial charge in [0.2, 0.25) is 5.95 Å². The molecule has 0 aliphatic carbocycles. The molecule has 7 heteroatoms. The van der Waals surface area contributed by atoms with Gasteiger partial charge in [0, 0.05) is 23.9 Å². The number of benzene rings is 1. The molecule has 3 aromatic rings. The van der Waals surface area contributed by atoms with Gasteiger partial charge >= 0.3 is 0 Å². The van der Waals surface area contributed by atoms with Crippen molar-refractivity contribution in [1.29, 1.82) is 0 Å².